The Kier molecular flexibility index (Phi) is 4.38. The zero-order valence-electron chi connectivity index (χ0n) is 15.3. The highest BCUT2D eigenvalue weighted by Crippen LogP contribution is 2.39. The number of benzene rings is 1. The number of H-pyrrole nitrogens is 1. The van der Waals surface area contributed by atoms with E-state index >= 15 is 0 Å². The predicted octanol–water partition coefficient (Wildman–Crippen LogP) is 4.63. The molecule has 3 aromatic heterocycles. The summed E-state index contributed by atoms with van der Waals surface area (Å²) in [5.74, 6) is -0.203. The molecule has 1 fully saturated rings. The Labute approximate surface area is 176 Å². The molecule has 1 aromatic carbocycles. The number of hydrogen-bond donors (Lipinski definition) is 2. The fraction of sp³-hybridized carbons (Fsp3) is 0.190. The van der Waals surface area contributed by atoms with E-state index in [4.69, 9.17) is 5.73 Å². The number of hydrogen-bond acceptors (Lipinski definition) is 5. The third-order valence-electron chi connectivity index (χ3n) is 5.46. The van der Waals surface area contributed by atoms with Crippen molar-refractivity contribution in [3.05, 3.63) is 58.4 Å². The summed E-state index contributed by atoms with van der Waals surface area (Å²) in [6.45, 7) is 0. The second-order valence-corrected chi connectivity index (χ2v) is 11.4. The average Bonchev–Trinajstić information content (AvgIpc) is 3.45. The van der Waals surface area contributed by atoms with Gasteiger partial charge in [0.2, 0.25) is 0 Å². The number of nitrogens with two attached hydrogens (primary N) is 1. The fourth-order valence-corrected chi connectivity index (χ4v) is 7.56. The van der Waals surface area contributed by atoms with Crippen molar-refractivity contribution in [2.24, 2.45) is 5.73 Å². The van der Waals surface area contributed by atoms with Gasteiger partial charge in [0.05, 0.1) is 22.6 Å². The van der Waals surface area contributed by atoms with Gasteiger partial charge in [0, 0.05) is 27.3 Å². The van der Waals surface area contributed by atoms with Crippen LogP contribution < -0.4 is 5.73 Å². The lowest BCUT2D eigenvalue weighted by Crippen LogP contribution is -2.11. The van der Waals surface area contributed by atoms with Crippen LogP contribution in [0.5, 0.6) is 0 Å². The van der Waals surface area contributed by atoms with Gasteiger partial charge < -0.3 is 10.7 Å². The number of aromatic amines is 1. The molecule has 3 N–H and O–H groups in total. The molecule has 5 rings (SSSR count). The summed E-state index contributed by atoms with van der Waals surface area (Å²) in [5.41, 5.74) is 9.64. The number of primary amides is 1. The minimum Gasteiger partial charge on any atom is -0.366 e. The van der Waals surface area contributed by atoms with Gasteiger partial charge in [0.15, 0.2) is 9.84 Å². The van der Waals surface area contributed by atoms with E-state index in [2.05, 4.69) is 22.5 Å². The van der Waals surface area contributed by atoms with Crippen LogP contribution >= 0.6 is 22.7 Å². The molecule has 1 saturated heterocycles. The zero-order chi connectivity index (χ0) is 20.2. The number of thiophene rings is 2. The van der Waals surface area contributed by atoms with Crippen LogP contribution in [0.3, 0.4) is 0 Å². The van der Waals surface area contributed by atoms with E-state index in [9.17, 15) is 13.2 Å². The normalized spacial score (nSPS) is 18.4. The Morgan fingerprint density at radius 1 is 1.14 bits per heavy atom. The molecule has 148 valence electrons. The lowest BCUT2D eigenvalue weighted by Gasteiger charge is -2.09. The zero-order valence-corrected chi connectivity index (χ0v) is 17.8. The molecule has 4 heterocycles. The number of nitrogens with one attached hydrogen (secondary N) is 1. The lowest BCUT2D eigenvalue weighted by atomic mass is 9.94. The topological polar surface area (TPSA) is 93.0 Å². The van der Waals surface area contributed by atoms with Crippen molar-refractivity contribution in [3.63, 3.8) is 0 Å². The molecule has 5 nitrogen and oxygen atoms in total. The first kappa shape index (κ1) is 18.6. The Morgan fingerprint density at radius 2 is 2.00 bits per heavy atom. The Morgan fingerprint density at radius 3 is 2.69 bits per heavy atom. The highest BCUT2D eigenvalue weighted by molar-refractivity contribution is 7.91. The fourth-order valence-electron chi connectivity index (χ4n) is 4.03. The summed E-state index contributed by atoms with van der Waals surface area (Å²) in [6.07, 6.45) is 2.43. The van der Waals surface area contributed by atoms with Gasteiger partial charge in [0.25, 0.3) is 5.91 Å². The molecule has 1 aliphatic heterocycles. The number of fused-ring (bicyclic) bond motifs is 1. The first-order chi connectivity index (χ1) is 13.9. The molecule has 0 radical (unpaired) electrons. The van der Waals surface area contributed by atoms with Crippen LogP contribution in [0.1, 0.15) is 28.3 Å². The van der Waals surface area contributed by atoms with Crippen LogP contribution in [0.25, 0.3) is 31.8 Å². The van der Waals surface area contributed by atoms with Crippen molar-refractivity contribution < 1.29 is 13.2 Å². The van der Waals surface area contributed by atoms with Crippen LogP contribution in [0, 0.1) is 0 Å². The van der Waals surface area contributed by atoms with Crippen LogP contribution in [-0.2, 0) is 9.84 Å². The lowest BCUT2D eigenvalue weighted by molar-refractivity contribution is 0.100. The summed E-state index contributed by atoms with van der Waals surface area (Å²) in [7, 11) is -3.00. The van der Waals surface area contributed by atoms with E-state index in [0.29, 0.717) is 17.5 Å². The molecule has 29 heavy (non-hydrogen) atoms. The van der Waals surface area contributed by atoms with Gasteiger partial charge in [-0.1, -0.05) is 6.07 Å². The number of carbonyl (C=O) groups excluding carboxylic acids is 1. The highest BCUT2D eigenvalue weighted by Gasteiger charge is 2.31. The quantitative estimate of drug-likeness (QED) is 0.483. The molecule has 0 saturated carbocycles. The van der Waals surface area contributed by atoms with Crippen molar-refractivity contribution in [3.8, 4) is 20.9 Å². The summed E-state index contributed by atoms with van der Waals surface area (Å²) < 4.78 is 23.9. The maximum Gasteiger partial charge on any atom is 0.250 e. The van der Waals surface area contributed by atoms with Gasteiger partial charge in [-0.05, 0) is 58.1 Å². The molecule has 0 aliphatic carbocycles. The van der Waals surface area contributed by atoms with E-state index in [-0.39, 0.29) is 17.4 Å². The highest BCUT2D eigenvalue weighted by atomic mass is 32.2. The maximum absolute atomic E-state index is 12.1. The molecule has 4 aromatic rings. The van der Waals surface area contributed by atoms with Crippen molar-refractivity contribution in [2.45, 2.75) is 12.3 Å². The van der Waals surface area contributed by atoms with Gasteiger partial charge in [-0.3, -0.25) is 4.79 Å². The number of aromatic nitrogens is 1. The van der Waals surface area contributed by atoms with E-state index in [1.165, 1.54) is 9.75 Å². The predicted molar refractivity (Wildman–Crippen MR) is 119 cm³/mol. The molecular formula is C21H18N2O3S3. The van der Waals surface area contributed by atoms with E-state index in [0.717, 1.165) is 22.1 Å². The molecule has 1 atom stereocenters. The van der Waals surface area contributed by atoms with Gasteiger partial charge in [0.1, 0.15) is 0 Å². The first-order valence-electron chi connectivity index (χ1n) is 9.19. The molecule has 0 spiro atoms. The third kappa shape index (κ3) is 3.31. The molecule has 1 unspecified atom stereocenters. The Balaban J connectivity index is 1.65. The SMILES string of the molecule is NC(=O)c1cc(-c2csc(-c3cccs3)c2)cc2c(C3CCS(=O)(=O)C3)c[nH]c12. The summed E-state index contributed by atoms with van der Waals surface area (Å²) in [4.78, 5) is 17.7. The van der Waals surface area contributed by atoms with Gasteiger partial charge in [-0.15, -0.1) is 22.7 Å². The maximum atomic E-state index is 12.1. The second-order valence-electron chi connectivity index (χ2n) is 7.33. The Hall–Kier alpha value is -2.42. The third-order valence-corrected chi connectivity index (χ3v) is 9.22. The number of sulfone groups is 1. The molecule has 1 amide bonds. The van der Waals surface area contributed by atoms with Crippen molar-refractivity contribution in [1.82, 2.24) is 4.98 Å². The van der Waals surface area contributed by atoms with Crippen molar-refractivity contribution in [2.75, 3.05) is 11.5 Å². The first-order valence-corrected chi connectivity index (χ1v) is 12.8. The van der Waals surface area contributed by atoms with E-state index < -0.39 is 15.7 Å². The average molecular weight is 443 g/mol. The standard InChI is InChI=1S/C21H18N2O3S3/c22-21(24)16-7-13(14-8-19(28-10-14)18-2-1-4-27-18)6-15-17(9-23-20(15)16)12-3-5-29(25,26)11-12/h1-2,4,6-10,12,23H,3,5,11H2,(H2,22,24). The van der Waals surface area contributed by atoms with Gasteiger partial charge in [-0.25, -0.2) is 8.42 Å². The van der Waals surface area contributed by atoms with Crippen LogP contribution in [0.15, 0.2) is 47.3 Å². The molecule has 8 heteroatoms. The summed E-state index contributed by atoms with van der Waals surface area (Å²) in [6, 6.07) is 10.1. The Bertz CT molecular complexity index is 1330. The van der Waals surface area contributed by atoms with Crippen molar-refractivity contribution >= 4 is 49.3 Å². The smallest absolute Gasteiger partial charge is 0.250 e. The van der Waals surface area contributed by atoms with E-state index in [1.807, 2.05) is 29.8 Å². The van der Waals surface area contributed by atoms with E-state index in [1.54, 1.807) is 22.7 Å². The summed E-state index contributed by atoms with van der Waals surface area (Å²) in [5, 5.41) is 5.00. The number of carbonyl (C=O) groups is 1. The van der Waals surface area contributed by atoms with Crippen molar-refractivity contribution in [1.29, 1.82) is 0 Å². The van der Waals surface area contributed by atoms with Crippen LogP contribution in [-0.4, -0.2) is 30.8 Å². The van der Waals surface area contributed by atoms with Gasteiger partial charge >= 0.3 is 0 Å². The molecular weight excluding hydrogens is 424 g/mol. The second kappa shape index (κ2) is 6.83. The molecule has 0 bridgehead atoms. The largest absolute Gasteiger partial charge is 0.366 e. The minimum atomic E-state index is -3.00. The number of amides is 1. The monoisotopic (exact) mass is 442 g/mol. The van der Waals surface area contributed by atoms with Gasteiger partial charge in [-0.2, -0.15) is 0 Å². The van der Waals surface area contributed by atoms with Crippen LogP contribution in [0.4, 0.5) is 0 Å². The number of rotatable bonds is 4. The molecule has 1 aliphatic rings. The summed E-state index contributed by atoms with van der Waals surface area (Å²) >= 11 is 3.35. The van der Waals surface area contributed by atoms with Crippen LogP contribution in [0.2, 0.25) is 0 Å². The minimum absolute atomic E-state index is 0.0612.